The van der Waals surface area contributed by atoms with Crippen LogP contribution in [0.25, 0.3) is 0 Å². The predicted octanol–water partition coefficient (Wildman–Crippen LogP) is 1.18. The third kappa shape index (κ3) is 2.29. The number of carbonyl (C=O) groups is 2. The Morgan fingerprint density at radius 3 is 2.73 bits per heavy atom. The first kappa shape index (κ1) is 15.0. The molecule has 1 aromatic rings. The van der Waals surface area contributed by atoms with Gasteiger partial charge in [-0.1, -0.05) is 18.2 Å². The standard InChI is InChI=1S/C17H23N3O2/c1-17(11-15(21)18-2)13-5-3-4-6-14(13)20(16(17)22)12-7-9-19-10-8-12/h3-6,12,19H,7-11H2,1-2H3,(H,18,21)/t17-/m0/s1. The van der Waals surface area contributed by atoms with Crippen molar-refractivity contribution >= 4 is 17.5 Å². The molecule has 2 aliphatic rings. The van der Waals surface area contributed by atoms with Gasteiger partial charge in [0.25, 0.3) is 0 Å². The van der Waals surface area contributed by atoms with Crippen LogP contribution in [0, 0.1) is 0 Å². The van der Waals surface area contributed by atoms with Crippen molar-refractivity contribution in [2.75, 3.05) is 25.0 Å². The van der Waals surface area contributed by atoms with E-state index in [1.54, 1.807) is 7.05 Å². The largest absolute Gasteiger partial charge is 0.359 e. The molecule has 0 unspecified atom stereocenters. The van der Waals surface area contributed by atoms with Crippen molar-refractivity contribution in [2.45, 2.75) is 37.6 Å². The average molecular weight is 301 g/mol. The van der Waals surface area contributed by atoms with Gasteiger partial charge in [0.1, 0.15) is 0 Å². The second-order valence-corrected chi connectivity index (χ2v) is 6.36. The minimum Gasteiger partial charge on any atom is -0.359 e. The van der Waals surface area contributed by atoms with E-state index >= 15 is 0 Å². The van der Waals surface area contributed by atoms with E-state index in [1.807, 2.05) is 36.1 Å². The van der Waals surface area contributed by atoms with Crippen molar-refractivity contribution in [3.63, 3.8) is 0 Å². The second-order valence-electron chi connectivity index (χ2n) is 6.36. The number of fused-ring (bicyclic) bond motifs is 1. The fourth-order valence-corrected chi connectivity index (χ4v) is 3.65. The van der Waals surface area contributed by atoms with Gasteiger partial charge >= 0.3 is 0 Å². The number of hydrogen-bond donors (Lipinski definition) is 2. The number of nitrogens with one attached hydrogen (secondary N) is 2. The monoisotopic (exact) mass is 301 g/mol. The molecule has 0 radical (unpaired) electrons. The molecule has 2 amide bonds. The molecule has 22 heavy (non-hydrogen) atoms. The summed E-state index contributed by atoms with van der Waals surface area (Å²) in [6, 6.07) is 8.12. The molecule has 2 N–H and O–H groups in total. The molecule has 1 atom stereocenters. The summed E-state index contributed by atoms with van der Waals surface area (Å²) in [5.74, 6) is -0.0398. The third-order valence-electron chi connectivity index (χ3n) is 4.92. The topological polar surface area (TPSA) is 61.4 Å². The quantitative estimate of drug-likeness (QED) is 0.881. The highest BCUT2D eigenvalue weighted by Crippen LogP contribution is 2.45. The van der Waals surface area contributed by atoms with Crippen LogP contribution in [-0.4, -0.2) is 38.0 Å². The molecule has 1 saturated heterocycles. The van der Waals surface area contributed by atoms with Gasteiger partial charge in [0.05, 0.1) is 5.41 Å². The summed E-state index contributed by atoms with van der Waals surface area (Å²) in [5, 5.41) is 5.98. The van der Waals surface area contributed by atoms with E-state index in [9.17, 15) is 9.59 Å². The van der Waals surface area contributed by atoms with Gasteiger partial charge in [0.15, 0.2) is 0 Å². The lowest BCUT2D eigenvalue weighted by Gasteiger charge is -2.33. The minimum absolute atomic E-state index is 0.0594. The van der Waals surface area contributed by atoms with Crippen molar-refractivity contribution < 1.29 is 9.59 Å². The third-order valence-corrected chi connectivity index (χ3v) is 4.92. The van der Waals surface area contributed by atoms with E-state index in [4.69, 9.17) is 0 Å². The van der Waals surface area contributed by atoms with Gasteiger partial charge in [-0.05, 0) is 44.5 Å². The van der Waals surface area contributed by atoms with E-state index < -0.39 is 5.41 Å². The Balaban J connectivity index is 2.00. The number of amides is 2. The molecule has 0 aromatic heterocycles. The highest BCUT2D eigenvalue weighted by Gasteiger charge is 2.50. The summed E-state index contributed by atoms with van der Waals surface area (Å²) < 4.78 is 0. The second kappa shape index (κ2) is 5.72. The number of para-hydroxylation sites is 1. The van der Waals surface area contributed by atoms with Crippen LogP contribution in [0.1, 0.15) is 31.7 Å². The molecule has 1 aromatic carbocycles. The Bertz CT molecular complexity index is 595. The summed E-state index contributed by atoms with van der Waals surface area (Å²) >= 11 is 0. The van der Waals surface area contributed by atoms with Crippen LogP contribution in [0.4, 0.5) is 5.69 Å². The summed E-state index contributed by atoms with van der Waals surface area (Å²) in [5.41, 5.74) is 1.19. The van der Waals surface area contributed by atoms with Crippen molar-refractivity contribution in [1.82, 2.24) is 10.6 Å². The average Bonchev–Trinajstić information content (AvgIpc) is 2.77. The van der Waals surface area contributed by atoms with Crippen LogP contribution >= 0.6 is 0 Å². The Morgan fingerprint density at radius 1 is 1.36 bits per heavy atom. The number of carbonyl (C=O) groups excluding carboxylic acids is 2. The molecular weight excluding hydrogens is 278 g/mol. The molecule has 0 spiro atoms. The first-order chi connectivity index (χ1) is 10.6. The number of anilines is 1. The fraction of sp³-hybridized carbons (Fsp3) is 0.529. The van der Waals surface area contributed by atoms with Gasteiger partial charge in [-0.3, -0.25) is 9.59 Å². The lowest BCUT2D eigenvalue weighted by molar-refractivity contribution is -0.129. The first-order valence-corrected chi connectivity index (χ1v) is 7.92. The Hall–Kier alpha value is -1.88. The summed E-state index contributed by atoms with van der Waals surface area (Å²) in [4.78, 5) is 27.0. The van der Waals surface area contributed by atoms with E-state index in [0.29, 0.717) is 0 Å². The van der Waals surface area contributed by atoms with Crippen molar-refractivity contribution in [3.8, 4) is 0 Å². The normalized spacial score (nSPS) is 25.2. The summed E-state index contributed by atoms with van der Waals surface area (Å²) in [7, 11) is 1.61. The molecule has 118 valence electrons. The molecule has 5 nitrogen and oxygen atoms in total. The molecule has 2 heterocycles. The first-order valence-electron chi connectivity index (χ1n) is 7.92. The Labute approximate surface area is 131 Å². The number of piperidine rings is 1. The molecule has 5 heteroatoms. The van der Waals surface area contributed by atoms with E-state index in [1.165, 1.54) is 0 Å². The summed E-state index contributed by atoms with van der Waals surface area (Å²) in [6.07, 6.45) is 2.10. The SMILES string of the molecule is CNC(=O)C[C@]1(C)C(=O)N(C2CCNCC2)c2ccccc21. The zero-order chi connectivity index (χ0) is 15.7. The lowest BCUT2D eigenvalue weighted by atomic mass is 9.80. The van der Waals surface area contributed by atoms with Gasteiger partial charge in [-0.2, -0.15) is 0 Å². The molecule has 0 saturated carbocycles. The van der Waals surface area contributed by atoms with Crippen molar-refractivity contribution in [3.05, 3.63) is 29.8 Å². The van der Waals surface area contributed by atoms with Gasteiger partial charge in [0, 0.05) is 25.2 Å². The number of nitrogens with zero attached hydrogens (tertiary/aromatic N) is 1. The number of hydrogen-bond acceptors (Lipinski definition) is 3. The van der Waals surface area contributed by atoms with Crippen LogP contribution in [0.5, 0.6) is 0 Å². The maximum absolute atomic E-state index is 13.2. The van der Waals surface area contributed by atoms with Gasteiger partial charge < -0.3 is 15.5 Å². The zero-order valence-corrected chi connectivity index (χ0v) is 13.2. The van der Waals surface area contributed by atoms with Crippen molar-refractivity contribution in [2.24, 2.45) is 0 Å². The molecule has 0 bridgehead atoms. The van der Waals surface area contributed by atoms with Gasteiger partial charge in [-0.25, -0.2) is 0 Å². The predicted molar refractivity (Wildman–Crippen MR) is 85.9 cm³/mol. The molecule has 2 aliphatic heterocycles. The summed E-state index contributed by atoms with van der Waals surface area (Å²) in [6.45, 7) is 3.76. The van der Waals surface area contributed by atoms with Crippen LogP contribution < -0.4 is 15.5 Å². The molecule has 0 aliphatic carbocycles. The number of benzene rings is 1. The molecule has 3 rings (SSSR count). The van der Waals surface area contributed by atoms with E-state index in [0.717, 1.165) is 37.2 Å². The maximum Gasteiger partial charge on any atom is 0.238 e. The number of rotatable bonds is 3. The van der Waals surface area contributed by atoms with Crippen molar-refractivity contribution in [1.29, 1.82) is 0 Å². The smallest absolute Gasteiger partial charge is 0.238 e. The van der Waals surface area contributed by atoms with Gasteiger partial charge in [-0.15, -0.1) is 0 Å². The highest BCUT2D eigenvalue weighted by molar-refractivity contribution is 6.10. The Morgan fingerprint density at radius 2 is 2.05 bits per heavy atom. The fourth-order valence-electron chi connectivity index (χ4n) is 3.65. The molecular formula is C17H23N3O2. The highest BCUT2D eigenvalue weighted by atomic mass is 16.2. The van der Waals surface area contributed by atoms with Crippen LogP contribution in [-0.2, 0) is 15.0 Å². The minimum atomic E-state index is -0.762. The zero-order valence-electron chi connectivity index (χ0n) is 13.2. The lowest BCUT2D eigenvalue weighted by Crippen LogP contribution is -2.49. The van der Waals surface area contributed by atoms with E-state index in [-0.39, 0.29) is 24.3 Å². The van der Waals surface area contributed by atoms with Crippen LogP contribution in [0.3, 0.4) is 0 Å². The van der Waals surface area contributed by atoms with Crippen LogP contribution in [0.15, 0.2) is 24.3 Å². The van der Waals surface area contributed by atoms with Crippen LogP contribution in [0.2, 0.25) is 0 Å². The Kier molecular flexibility index (Phi) is 3.91. The van der Waals surface area contributed by atoms with Gasteiger partial charge in [0.2, 0.25) is 11.8 Å². The van der Waals surface area contributed by atoms with E-state index in [2.05, 4.69) is 10.6 Å². The maximum atomic E-state index is 13.2. The molecule has 1 fully saturated rings.